The van der Waals surface area contributed by atoms with Gasteiger partial charge in [-0.15, -0.1) is 0 Å². The number of aromatic nitrogens is 1. The predicted molar refractivity (Wildman–Crippen MR) is 151 cm³/mol. The largest absolute Gasteiger partial charge is 0.497 e. The van der Waals surface area contributed by atoms with Gasteiger partial charge in [-0.05, 0) is 58.0 Å². The van der Waals surface area contributed by atoms with Gasteiger partial charge >= 0.3 is 0 Å². The van der Waals surface area contributed by atoms with Crippen LogP contribution >= 0.6 is 11.3 Å². The molecule has 2 aromatic carbocycles. The van der Waals surface area contributed by atoms with Gasteiger partial charge in [0.25, 0.3) is 5.56 Å². The van der Waals surface area contributed by atoms with Crippen LogP contribution in [0, 0.1) is 0 Å². The fourth-order valence-corrected chi connectivity index (χ4v) is 5.89. The zero-order valence-electron chi connectivity index (χ0n) is 22.8. The molecule has 200 valence electrons. The van der Waals surface area contributed by atoms with Crippen LogP contribution in [-0.2, 0) is 4.79 Å². The normalized spacial score (nSPS) is 15.1. The molecular weight excluding hydrogens is 502 g/mol. The Morgan fingerprint density at radius 1 is 1.05 bits per heavy atom. The Morgan fingerprint density at radius 2 is 1.76 bits per heavy atom. The van der Waals surface area contributed by atoms with Crippen LogP contribution in [0.1, 0.15) is 44.9 Å². The molecule has 1 aliphatic rings. The minimum atomic E-state index is -0.682. The highest BCUT2D eigenvalue weighted by molar-refractivity contribution is 7.07. The molecule has 0 bridgehead atoms. The lowest BCUT2D eigenvalue weighted by Crippen LogP contribution is -2.39. The molecule has 38 heavy (non-hydrogen) atoms. The van der Waals surface area contributed by atoms with E-state index in [2.05, 4.69) is 23.7 Å². The van der Waals surface area contributed by atoms with Crippen molar-refractivity contribution in [2.45, 2.75) is 33.7 Å². The number of allylic oxidation sites excluding steroid dienone is 2. The van der Waals surface area contributed by atoms with Gasteiger partial charge < -0.3 is 19.1 Å². The minimum Gasteiger partial charge on any atom is -0.497 e. The third-order valence-electron chi connectivity index (χ3n) is 6.77. The third-order valence-corrected chi connectivity index (χ3v) is 7.75. The highest BCUT2D eigenvalue weighted by atomic mass is 32.1. The lowest BCUT2D eigenvalue weighted by atomic mass is 9.92. The molecule has 0 saturated carbocycles. The molecule has 9 heteroatoms. The maximum absolute atomic E-state index is 13.9. The number of benzene rings is 2. The van der Waals surface area contributed by atoms with E-state index in [4.69, 9.17) is 14.2 Å². The smallest absolute Gasteiger partial charge is 0.271 e. The van der Waals surface area contributed by atoms with Crippen LogP contribution in [0.4, 0.5) is 5.69 Å². The van der Waals surface area contributed by atoms with Gasteiger partial charge in [-0.3, -0.25) is 14.2 Å². The van der Waals surface area contributed by atoms with E-state index >= 15 is 0 Å². The summed E-state index contributed by atoms with van der Waals surface area (Å²) in [4.78, 5) is 34.1. The highest BCUT2D eigenvalue weighted by Crippen LogP contribution is 2.37. The summed E-state index contributed by atoms with van der Waals surface area (Å²) in [5.41, 5.74) is 3.32. The van der Waals surface area contributed by atoms with Crippen molar-refractivity contribution in [3.63, 3.8) is 0 Å². The van der Waals surface area contributed by atoms with Gasteiger partial charge in [-0.25, -0.2) is 4.99 Å². The summed E-state index contributed by atoms with van der Waals surface area (Å²) in [6.07, 6.45) is 1.82. The number of nitrogens with zero attached hydrogens (tertiary/aromatic N) is 3. The second kappa shape index (κ2) is 11.3. The Kier molecular flexibility index (Phi) is 8.06. The Labute approximate surface area is 226 Å². The molecule has 1 unspecified atom stereocenters. The highest BCUT2D eigenvalue weighted by Gasteiger charge is 2.32. The van der Waals surface area contributed by atoms with Crippen molar-refractivity contribution in [3.05, 3.63) is 78.5 Å². The van der Waals surface area contributed by atoms with E-state index in [9.17, 15) is 9.59 Å². The van der Waals surface area contributed by atoms with E-state index in [1.807, 2.05) is 30.3 Å². The predicted octanol–water partition coefficient (Wildman–Crippen LogP) is 3.70. The van der Waals surface area contributed by atoms with Crippen molar-refractivity contribution < 1.29 is 19.0 Å². The summed E-state index contributed by atoms with van der Waals surface area (Å²) < 4.78 is 18.8. The number of hydrogen-bond donors (Lipinski definition) is 0. The number of ether oxygens (including phenoxy) is 3. The number of Topliss-reactive ketones (excluding diaryl/α,β-unsaturated/α-hetero) is 1. The molecule has 8 nitrogen and oxygen atoms in total. The molecule has 1 atom stereocenters. The summed E-state index contributed by atoms with van der Waals surface area (Å²) in [5, 5.41) is 0. The van der Waals surface area contributed by atoms with Crippen molar-refractivity contribution in [1.82, 2.24) is 4.57 Å². The van der Waals surface area contributed by atoms with Gasteiger partial charge in [0.05, 0.1) is 31.9 Å². The monoisotopic (exact) mass is 535 g/mol. The molecule has 3 aromatic rings. The van der Waals surface area contributed by atoms with Crippen molar-refractivity contribution in [2.75, 3.05) is 39.3 Å². The quantitative estimate of drug-likeness (QED) is 0.416. The zero-order valence-corrected chi connectivity index (χ0v) is 23.6. The summed E-state index contributed by atoms with van der Waals surface area (Å²) >= 11 is 1.28. The molecule has 0 N–H and O–H groups in total. The van der Waals surface area contributed by atoms with Crippen molar-refractivity contribution in [1.29, 1.82) is 0 Å². The first-order chi connectivity index (χ1) is 18.3. The standard InChI is InChI=1S/C29H33N3O5S/c1-8-31(9-2)20-11-10-19(23(15-20)36-6)14-25-28(34)32-27(22-13-12-21(35-5)16-24(22)37-7)26(18(4)33)17(3)30-29(32)38-25/h10-16,27H,8-9H2,1-7H3/b25-14+. The molecule has 1 aliphatic heterocycles. The van der Waals surface area contributed by atoms with Crippen molar-refractivity contribution in [2.24, 2.45) is 4.99 Å². The van der Waals surface area contributed by atoms with E-state index < -0.39 is 6.04 Å². The Balaban J connectivity index is 1.94. The molecule has 0 radical (unpaired) electrons. The molecule has 0 fully saturated rings. The maximum atomic E-state index is 13.9. The summed E-state index contributed by atoms with van der Waals surface area (Å²) in [7, 11) is 4.75. The van der Waals surface area contributed by atoms with Gasteiger partial charge in [0.15, 0.2) is 10.6 Å². The Morgan fingerprint density at radius 3 is 2.37 bits per heavy atom. The lowest BCUT2D eigenvalue weighted by Gasteiger charge is -2.26. The number of ketones is 1. The summed E-state index contributed by atoms with van der Waals surface area (Å²) in [6.45, 7) is 9.27. The molecule has 0 spiro atoms. The van der Waals surface area contributed by atoms with E-state index in [0.29, 0.717) is 43.4 Å². The fourth-order valence-electron chi connectivity index (χ4n) is 4.85. The molecule has 2 heterocycles. The summed E-state index contributed by atoms with van der Waals surface area (Å²) in [6, 6.07) is 10.7. The Bertz CT molecular complexity index is 1580. The molecule has 1 aromatic heterocycles. The first-order valence-electron chi connectivity index (χ1n) is 12.5. The van der Waals surface area contributed by atoms with Crippen LogP contribution in [0.5, 0.6) is 17.2 Å². The van der Waals surface area contributed by atoms with Crippen LogP contribution in [0.3, 0.4) is 0 Å². The first kappa shape index (κ1) is 27.2. The number of anilines is 1. The van der Waals surface area contributed by atoms with Crippen LogP contribution in [0.15, 0.2) is 57.5 Å². The average Bonchev–Trinajstić information content (AvgIpc) is 3.22. The number of methoxy groups -OCH3 is 3. The van der Waals surface area contributed by atoms with Crippen LogP contribution in [-0.4, -0.2) is 44.8 Å². The van der Waals surface area contributed by atoms with E-state index in [0.717, 1.165) is 24.3 Å². The molecule has 0 saturated heterocycles. The summed E-state index contributed by atoms with van der Waals surface area (Å²) in [5.74, 6) is 1.65. The molecule has 0 amide bonds. The SMILES string of the molecule is CCN(CC)c1ccc(/C=c2/sc3n(c2=O)C(c2ccc(OC)cc2OC)C(C(C)=O)=C(C)N=3)c(OC)c1. The third kappa shape index (κ3) is 4.86. The van der Waals surface area contributed by atoms with Gasteiger partial charge in [-0.2, -0.15) is 0 Å². The van der Waals surface area contributed by atoms with Gasteiger partial charge in [0.1, 0.15) is 17.2 Å². The topological polar surface area (TPSA) is 82.4 Å². The fraction of sp³-hybridized carbons (Fsp3) is 0.345. The number of fused-ring (bicyclic) bond motifs is 1. The van der Waals surface area contributed by atoms with Crippen LogP contribution in [0.25, 0.3) is 6.08 Å². The molecular formula is C29H33N3O5S. The zero-order chi connectivity index (χ0) is 27.6. The second-order valence-electron chi connectivity index (χ2n) is 8.84. The Hall–Kier alpha value is -3.85. The van der Waals surface area contributed by atoms with Crippen LogP contribution in [0.2, 0.25) is 0 Å². The number of carbonyl (C=O) groups is 1. The number of thiazole rings is 1. The van der Waals surface area contributed by atoms with Gasteiger partial charge in [-0.1, -0.05) is 11.3 Å². The molecule has 0 aliphatic carbocycles. The lowest BCUT2D eigenvalue weighted by molar-refractivity contribution is -0.114. The maximum Gasteiger partial charge on any atom is 0.271 e. The molecule has 4 rings (SSSR count). The van der Waals surface area contributed by atoms with Crippen molar-refractivity contribution >= 4 is 28.9 Å². The average molecular weight is 536 g/mol. The number of hydrogen-bond acceptors (Lipinski definition) is 8. The van der Waals surface area contributed by atoms with E-state index in [1.54, 1.807) is 45.0 Å². The van der Waals surface area contributed by atoms with E-state index in [-0.39, 0.29) is 11.3 Å². The second-order valence-corrected chi connectivity index (χ2v) is 9.85. The van der Waals surface area contributed by atoms with E-state index in [1.165, 1.54) is 18.3 Å². The minimum absolute atomic E-state index is 0.155. The van der Waals surface area contributed by atoms with Gasteiger partial charge in [0.2, 0.25) is 0 Å². The van der Waals surface area contributed by atoms with Crippen LogP contribution < -0.4 is 34.0 Å². The van der Waals surface area contributed by atoms with Gasteiger partial charge in [0, 0.05) is 53.3 Å². The number of rotatable bonds is 9. The first-order valence-corrected chi connectivity index (χ1v) is 13.3. The number of carbonyl (C=O) groups excluding carboxylic acids is 1. The van der Waals surface area contributed by atoms with Crippen molar-refractivity contribution in [3.8, 4) is 17.2 Å².